The number of fused-ring (bicyclic) bond motifs is 1. The number of rotatable bonds is 6. The molecular formula is C28H36N2O7S. The molecular weight excluding hydrogens is 508 g/mol. The van der Waals surface area contributed by atoms with Crippen molar-refractivity contribution in [1.29, 1.82) is 0 Å². The van der Waals surface area contributed by atoms with Gasteiger partial charge in [0, 0.05) is 13.1 Å². The predicted molar refractivity (Wildman–Crippen MR) is 141 cm³/mol. The molecule has 0 aromatic heterocycles. The molecule has 0 unspecified atom stereocenters. The summed E-state index contributed by atoms with van der Waals surface area (Å²) in [6.07, 6.45) is 0.218. The number of benzene rings is 2. The molecule has 38 heavy (non-hydrogen) atoms. The number of hydrogen-bond acceptors (Lipinski definition) is 7. The van der Waals surface area contributed by atoms with Crippen LogP contribution in [0, 0.1) is 12.8 Å². The molecule has 3 atom stereocenters. The van der Waals surface area contributed by atoms with Crippen LogP contribution in [0.25, 0.3) is 0 Å². The molecule has 0 aliphatic carbocycles. The van der Waals surface area contributed by atoms with Gasteiger partial charge < -0.3 is 14.4 Å². The zero-order valence-corrected chi connectivity index (χ0v) is 23.1. The van der Waals surface area contributed by atoms with Gasteiger partial charge in [-0.2, -0.15) is 8.42 Å². The van der Waals surface area contributed by atoms with Gasteiger partial charge in [0.1, 0.15) is 12.2 Å². The molecule has 0 N–H and O–H groups in total. The van der Waals surface area contributed by atoms with E-state index < -0.39 is 33.9 Å². The van der Waals surface area contributed by atoms with Crippen LogP contribution in [-0.2, 0) is 30.4 Å². The number of carbonyl (C=O) groups excluding carboxylic acids is 2. The Balaban J connectivity index is 1.46. The lowest BCUT2D eigenvalue weighted by Gasteiger charge is -2.39. The van der Waals surface area contributed by atoms with Crippen LogP contribution in [-0.4, -0.2) is 67.8 Å². The standard InChI is InChI=1S/C28H36N2O7S/c1-20-10-12-24(13-11-20)38(33,34)36-19-23-16-22-14-15-29(26(31)35-18-21-8-6-5-7-9-21)17-25(22)30(23)27(32)37-28(2,3)4/h5-13,22-23,25H,14-19H2,1-4H3/t22-,23-,25-/m0/s1. The minimum absolute atomic E-state index is 0.0645. The lowest BCUT2D eigenvalue weighted by atomic mass is 9.91. The van der Waals surface area contributed by atoms with Crippen LogP contribution >= 0.6 is 0 Å². The van der Waals surface area contributed by atoms with E-state index in [9.17, 15) is 18.0 Å². The van der Waals surface area contributed by atoms with Crippen LogP contribution in [0.4, 0.5) is 9.59 Å². The van der Waals surface area contributed by atoms with E-state index in [-0.39, 0.29) is 36.6 Å². The minimum atomic E-state index is -4.00. The summed E-state index contributed by atoms with van der Waals surface area (Å²) in [5, 5.41) is 0. The van der Waals surface area contributed by atoms with Crippen molar-refractivity contribution in [1.82, 2.24) is 9.80 Å². The lowest BCUT2D eigenvalue weighted by molar-refractivity contribution is -0.000130. The number of ether oxygens (including phenoxy) is 2. The fourth-order valence-corrected chi connectivity index (χ4v) is 5.91. The van der Waals surface area contributed by atoms with E-state index in [2.05, 4.69) is 0 Å². The van der Waals surface area contributed by atoms with Crippen LogP contribution in [0.1, 0.15) is 44.7 Å². The highest BCUT2D eigenvalue weighted by atomic mass is 32.2. The summed E-state index contributed by atoms with van der Waals surface area (Å²) in [5.41, 5.74) is 1.09. The van der Waals surface area contributed by atoms with Crippen molar-refractivity contribution in [2.45, 2.75) is 69.7 Å². The van der Waals surface area contributed by atoms with Gasteiger partial charge in [-0.05, 0) is 64.2 Å². The van der Waals surface area contributed by atoms with Gasteiger partial charge in [0.15, 0.2) is 0 Å². The van der Waals surface area contributed by atoms with Gasteiger partial charge in [-0.25, -0.2) is 9.59 Å². The zero-order valence-electron chi connectivity index (χ0n) is 22.3. The highest BCUT2D eigenvalue weighted by Crippen LogP contribution is 2.37. The van der Waals surface area contributed by atoms with Crippen LogP contribution in [0.15, 0.2) is 59.5 Å². The van der Waals surface area contributed by atoms with Gasteiger partial charge in [0.05, 0.1) is 23.6 Å². The first-order valence-corrected chi connectivity index (χ1v) is 14.3. The van der Waals surface area contributed by atoms with Gasteiger partial charge in [-0.1, -0.05) is 48.0 Å². The molecule has 9 nitrogen and oxygen atoms in total. The van der Waals surface area contributed by atoms with Crippen molar-refractivity contribution >= 4 is 22.3 Å². The number of hydrogen-bond donors (Lipinski definition) is 0. The van der Waals surface area contributed by atoms with Crippen molar-refractivity contribution in [3.63, 3.8) is 0 Å². The van der Waals surface area contributed by atoms with E-state index in [1.165, 1.54) is 12.1 Å². The third kappa shape index (κ3) is 6.85. The molecule has 0 radical (unpaired) electrons. The van der Waals surface area contributed by atoms with Crippen molar-refractivity contribution in [3.05, 3.63) is 65.7 Å². The molecule has 4 rings (SSSR count). The molecule has 2 heterocycles. The van der Waals surface area contributed by atoms with Crippen LogP contribution in [0.3, 0.4) is 0 Å². The number of piperidine rings is 1. The van der Waals surface area contributed by atoms with E-state index in [4.69, 9.17) is 13.7 Å². The molecule has 2 amide bonds. The minimum Gasteiger partial charge on any atom is -0.445 e. The SMILES string of the molecule is Cc1ccc(S(=O)(=O)OC[C@@H]2C[C@@H]3CCN(C(=O)OCc4ccccc4)C[C@@H]3N2C(=O)OC(C)(C)C)cc1. The molecule has 2 fully saturated rings. The Bertz CT molecular complexity index is 1230. The fraction of sp³-hybridized carbons (Fsp3) is 0.500. The highest BCUT2D eigenvalue weighted by molar-refractivity contribution is 7.86. The largest absolute Gasteiger partial charge is 0.445 e. The van der Waals surface area contributed by atoms with E-state index in [0.717, 1.165) is 11.1 Å². The topological polar surface area (TPSA) is 102 Å². The fourth-order valence-electron chi connectivity index (χ4n) is 4.97. The van der Waals surface area contributed by atoms with E-state index >= 15 is 0 Å². The maximum atomic E-state index is 13.3. The molecule has 10 heteroatoms. The van der Waals surface area contributed by atoms with Crippen molar-refractivity contribution in [2.75, 3.05) is 19.7 Å². The summed E-state index contributed by atoms with van der Waals surface area (Å²) in [6, 6.07) is 15.0. The normalized spacial score (nSPS) is 21.6. The third-order valence-corrected chi connectivity index (χ3v) is 8.14. The zero-order chi connectivity index (χ0) is 27.5. The molecule has 0 saturated carbocycles. The number of carbonyl (C=O) groups is 2. The molecule has 0 spiro atoms. The smallest absolute Gasteiger partial charge is 0.410 e. The Hall–Kier alpha value is -3.11. The Kier molecular flexibility index (Phi) is 8.32. The molecule has 2 aromatic carbocycles. The van der Waals surface area contributed by atoms with Gasteiger partial charge in [-0.15, -0.1) is 0 Å². The second kappa shape index (κ2) is 11.3. The number of aryl methyl sites for hydroxylation is 1. The number of nitrogens with zero attached hydrogens (tertiary/aromatic N) is 2. The summed E-state index contributed by atoms with van der Waals surface area (Å²) in [4.78, 5) is 29.4. The lowest BCUT2D eigenvalue weighted by Crippen LogP contribution is -2.54. The average molecular weight is 545 g/mol. The molecule has 206 valence electrons. The monoisotopic (exact) mass is 544 g/mol. The first-order valence-electron chi connectivity index (χ1n) is 12.9. The number of amides is 2. The summed E-state index contributed by atoms with van der Waals surface area (Å²) in [7, 11) is -4.00. The van der Waals surface area contributed by atoms with Gasteiger partial charge in [0.25, 0.3) is 10.1 Å². The predicted octanol–water partition coefficient (Wildman–Crippen LogP) is 4.74. The molecule has 2 aliphatic heterocycles. The van der Waals surface area contributed by atoms with E-state index in [1.54, 1.807) is 42.7 Å². The second-order valence-electron chi connectivity index (χ2n) is 10.9. The van der Waals surface area contributed by atoms with E-state index in [1.807, 2.05) is 37.3 Å². The van der Waals surface area contributed by atoms with Gasteiger partial charge in [0.2, 0.25) is 0 Å². The van der Waals surface area contributed by atoms with Crippen LogP contribution < -0.4 is 0 Å². The highest BCUT2D eigenvalue weighted by Gasteiger charge is 2.49. The maximum Gasteiger partial charge on any atom is 0.410 e. The van der Waals surface area contributed by atoms with Crippen molar-refractivity contribution in [2.24, 2.45) is 5.92 Å². The summed E-state index contributed by atoms with van der Waals surface area (Å²) in [6.45, 7) is 7.94. The summed E-state index contributed by atoms with van der Waals surface area (Å²) < 4.78 is 42.3. The molecule has 2 aromatic rings. The average Bonchev–Trinajstić information content (AvgIpc) is 3.24. The van der Waals surface area contributed by atoms with Crippen molar-refractivity contribution < 1.29 is 31.7 Å². The first kappa shape index (κ1) is 27.9. The Morgan fingerprint density at radius 1 is 1.00 bits per heavy atom. The molecule has 2 aliphatic rings. The Morgan fingerprint density at radius 2 is 1.68 bits per heavy atom. The molecule has 2 saturated heterocycles. The number of likely N-dealkylation sites (tertiary alicyclic amines) is 2. The van der Waals surface area contributed by atoms with Crippen LogP contribution in [0.5, 0.6) is 0 Å². The second-order valence-corrected chi connectivity index (χ2v) is 12.5. The maximum absolute atomic E-state index is 13.3. The van der Waals surface area contributed by atoms with E-state index in [0.29, 0.717) is 19.4 Å². The summed E-state index contributed by atoms with van der Waals surface area (Å²) >= 11 is 0. The van der Waals surface area contributed by atoms with Crippen LogP contribution in [0.2, 0.25) is 0 Å². The third-order valence-electron chi connectivity index (χ3n) is 6.84. The quantitative estimate of drug-likeness (QED) is 0.484. The van der Waals surface area contributed by atoms with Gasteiger partial charge >= 0.3 is 12.2 Å². The molecule has 0 bridgehead atoms. The Labute approximate surface area is 224 Å². The first-order chi connectivity index (χ1) is 17.9. The summed E-state index contributed by atoms with van der Waals surface area (Å²) in [5.74, 6) is 0.0800. The Morgan fingerprint density at radius 3 is 2.34 bits per heavy atom. The van der Waals surface area contributed by atoms with Gasteiger partial charge in [-0.3, -0.25) is 9.08 Å². The van der Waals surface area contributed by atoms with Crippen molar-refractivity contribution in [3.8, 4) is 0 Å².